The van der Waals surface area contributed by atoms with E-state index in [2.05, 4.69) is 13.8 Å². The number of carbonyl (C=O) groups is 1. The van der Waals surface area contributed by atoms with Crippen molar-refractivity contribution in [2.24, 2.45) is 23.2 Å². The lowest BCUT2D eigenvalue weighted by Gasteiger charge is -2.38. The molecule has 0 heterocycles. The first-order chi connectivity index (χ1) is 8.83. The molecule has 0 rings (SSSR count). The highest BCUT2D eigenvalue weighted by molar-refractivity contribution is 5.68. The zero-order chi connectivity index (χ0) is 16.7. The van der Waals surface area contributed by atoms with Crippen LogP contribution in [0.4, 0.5) is 0 Å². The standard InChI is InChI=1S/C12H26O2.C4H8O2/c1-8(2)7-10(13)12(5,6)11(14)9(3)4;1-3(2)4(5)6/h8-11,13-14H,7H2,1-6H3;3H,1-2H3,(H,5,6). The van der Waals surface area contributed by atoms with Crippen molar-refractivity contribution in [3.8, 4) is 0 Å². The van der Waals surface area contributed by atoms with Crippen molar-refractivity contribution in [3.63, 3.8) is 0 Å². The summed E-state index contributed by atoms with van der Waals surface area (Å²) in [6, 6.07) is 0. The third-order valence-corrected chi connectivity index (χ3v) is 3.44. The molecular formula is C16H34O4. The molecule has 0 aromatic rings. The monoisotopic (exact) mass is 290 g/mol. The number of hydrogen-bond acceptors (Lipinski definition) is 3. The first kappa shape index (κ1) is 21.7. The van der Waals surface area contributed by atoms with Gasteiger partial charge in [0, 0.05) is 5.41 Å². The summed E-state index contributed by atoms with van der Waals surface area (Å²) >= 11 is 0. The van der Waals surface area contributed by atoms with Crippen LogP contribution in [0.5, 0.6) is 0 Å². The molecule has 0 spiro atoms. The Kier molecular flexibility index (Phi) is 10.1. The van der Waals surface area contributed by atoms with E-state index in [1.165, 1.54) is 0 Å². The molecule has 3 N–H and O–H groups in total. The minimum absolute atomic E-state index is 0.187. The van der Waals surface area contributed by atoms with Gasteiger partial charge in [0.25, 0.3) is 0 Å². The minimum atomic E-state index is -0.741. The Labute approximate surface area is 124 Å². The van der Waals surface area contributed by atoms with Gasteiger partial charge < -0.3 is 15.3 Å². The largest absolute Gasteiger partial charge is 0.481 e. The Morgan fingerprint density at radius 2 is 1.35 bits per heavy atom. The molecule has 4 heteroatoms. The lowest BCUT2D eigenvalue weighted by molar-refractivity contribution is -0.140. The van der Waals surface area contributed by atoms with E-state index in [0.29, 0.717) is 5.92 Å². The van der Waals surface area contributed by atoms with Crippen LogP contribution >= 0.6 is 0 Å². The van der Waals surface area contributed by atoms with Crippen LogP contribution in [0.3, 0.4) is 0 Å². The van der Waals surface area contributed by atoms with Crippen molar-refractivity contribution in [2.75, 3.05) is 0 Å². The van der Waals surface area contributed by atoms with E-state index >= 15 is 0 Å². The molecule has 2 unspecified atom stereocenters. The number of rotatable bonds is 6. The van der Waals surface area contributed by atoms with Crippen LogP contribution in [-0.2, 0) is 4.79 Å². The predicted octanol–water partition coefficient (Wildman–Crippen LogP) is 3.16. The van der Waals surface area contributed by atoms with Gasteiger partial charge in [-0.25, -0.2) is 0 Å². The van der Waals surface area contributed by atoms with Crippen LogP contribution in [0.2, 0.25) is 0 Å². The molecule has 122 valence electrons. The average molecular weight is 290 g/mol. The van der Waals surface area contributed by atoms with Gasteiger partial charge in [-0.2, -0.15) is 0 Å². The summed E-state index contributed by atoms with van der Waals surface area (Å²) in [7, 11) is 0. The van der Waals surface area contributed by atoms with Crippen molar-refractivity contribution in [2.45, 2.75) is 74.0 Å². The third kappa shape index (κ3) is 8.54. The second-order valence-electron chi connectivity index (χ2n) is 7.15. The number of aliphatic hydroxyl groups is 2. The molecule has 0 aliphatic rings. The summed E-state index contributed by atoms with van der Waals surface area (Å²) in [6.07, 6.45) is -0.132. The predicted molar refractivity (Wildman–Crippen MR) is 82.6 cm³/mol. The van der Waals surface area contributed by atoms with Gasteiger partial charge >= 0.3 is 5.97 Å². The van der Waals surface area contributed by atoms with Crippen LogP contribution in [0.25, 0.3) is 0 Å². The van der Waals surface area contributed by atoms with Gasteiger partial charge in [0.15, 0.2) is 0 Å². The number of carboxylic acids is 1. The van der Waals surface area contributed by atoms with Crippen molar-refractivity contribution in [1.82, 2.24) is 0 Å². The maximum atomic E-state index is 10.0. The summed E-state index contributed by atoms with van der Waals surface area (Å²) in [5.74, 6) is -0.324. The molecule has 0 radical (unpaired) electrons. The van der Waals surface area contributed by atoms with E-state index < -0.39 is 23.6 Å². The number of carboxylic acid groups (broad SMARTS) is 1. The Morgan fingerprint density at radius 3 is 1.55 bits per heavy atom. The molecular weight excluding hydrogens is 256 g/mol. The summed E-state index contributed by atoms with van der Waals surface area (Å²) < 4.78 is 0. The molecule has 2 atom stereocenters. The molecule has 0 aromatic heterocycles. The highest BCUT2D eigenvalue weighted by Crippen LogP contribution is 2.32. The fourth-order valence-corrected chi connectivity index (χ4v) is 1.81. The molecule has 4 nitrogen and oxygen atoms in total. The van der Waals surface area contributed by atoms with Gasteiger partial charge in [-0.3, -0.25) is 4.79 Å². The quantitative estimate of drug-likeness (QED) is 0.702. The van der Waals surface area contributed by atoms with Crippen LogP contribution < -0.4 is 0 Å². The van der Waals surface area contributed by atoms with E-state index in [1.807, 2.05) is 27.7 Å². The molecule has 0 amide bonds. The van der Waals surface area contributed by atoms with Gasteiger partial charge in [-0.15, -0.1) is 0 Å². The van der Waals surface area contributed by atoms with Crippen molar-refractivity contribution < 1.29 is 20.1 Å². The van der Waals surface area contributed by atoms with E-state index in [0.717, 1.165) is 6.42 Å². The molecule has 0 saturated carbocycles. The first-order valence-electron chi connectivity index (χ1n) is 7.42. The minimum Gasteiger partial charge on any atom is -0.481 e. The maximum Gasteiger partial charge on any atom is 0.305 e. The SMILES string of the molecule is CC(C)C(=O)O.CC(C)CC(O)C(C)(C)C(O)C(C)C. The van der Waals surface area contributed by atoms with Gasteiger partial charge in [0.1, 0.15) is 0 Å². The summed E-state index contributed by atoms with van der Waals surface area (Å²) in [5.41, 5.74) is -0.418. The summed E-state index contributed by atoms with van der Waals surface area (Å²) in [4.78, 5) is 9.70. The molecule has 0 saturated heterocycles. The van der Waals surface area contributed by atoms with E-state index in [9.17, 15) is 15.0 Å². The first-order valence-corrected chi connectivity index (χ1v) is 7.42. The van der Waals surface area contributed by atoms with Gasteiger partial charge in [0.05, 0.1) is 18.1 Å². The zero-order valence-electron chi connectivity index (χ0n) is 14.3. The van der Waals surface area contributed by atoms with E-state index in [1.54, 1.807) is 13.8 Å². The highest BCUT2D eigenvalue weighted by atomic mass is 16.4. The molecule has 0 aliphatic carbocycles. The molecule has 0 aliphatic heterocycles. The van der Waals surface area contributed by atoms with Crippen LogP contribution in [0, 0.1) is 23.2 Å². The molecule has 0 aromatic carbocycles. The van der Waals surface area contributed by atoms with E-state index in [-0.39, 0.29) is 11.8 Å². The zero-order valence-corrected chi connectivity index (χ0v) is 14.3. The van der Waals surface area contributed by atoms with Crippen molar-refractivity contribution in [1.29, 1.82) is 0 Å². The van der Waals surface area contributed by atoms with Crippen LogP contribution in [0.15, 0.2) is 0 Å². The Bertz CT molecular complexity index is 270. The Morgan fingerprint density at radius 1 is 1.00 bits per heavy atom. The lowest BCUT2D eigenvalue weighted by atomic mass is 9.74. The number of aliphatic hydroxyl groups excluding tert-OH is 2. The van der Waals surface area contributed by atoms with Crippen molar-refractivity contribution in [3.05, 3.63) is 0 Å². The normalized spacial score (nSPS) is 15.1. The highest BCUT2D eigenvalue weighted by Gasteiger charge is 2.36. The van der Waals surface area contributed by atoms with Crippen LogP contribution in [-0.4, -0.2) is 33.5 Å². The maximum absolute atomic E-state index is 10.0. The van der Waals surface area contributed by atoms with Gasteiger partial charge in [0.2, 0.25) is 0 Å². The van der Waals surface area contributed by atoms with E-state index in [4.69, 9.17) is 5.11 Å². The third-order valence-electron chi connectivity index (χ3n) is 3.44. The smallest absolute Gasteiger partial charge is 0.305 e. The summed E-state index contributed by atoms with van der Waals surface area (Å²) in [5, 5.41) is 28.0. The topological polar surface area (TPSA) is 77.8 Å². The lowest BCUT2D eigenvalue weighted by Crippen LogP contribution is -2.43. The average Bonchev–Trinajstić information content (AvgIpc) is 2.27. The van der Waals surface area contributed by atoms with Gasteiger partial charge in [-0.05, 0) is 18.3 Å². The Balaban J connectivity index is 0. The second kappa shape index (κ2) is 9.35. The van der Waals surface area contributed by atoms with Crippen molar-refractivity contribution >= 4 is 5.97 Å². The summed E-state index contributed by atoms with van der Waals surface area (Å²) in [6.45, 7) is 15.3. The molecule has 0 bridgehead atoms. The Hall–Kier alpha value is -0.610. The fourth-order valence-electron chi connectivity index (χ4n) is 1.81. The molecule has 0 fully saturated rings. The van der Waals surface area contributed by atoms with Crippen LogP contribution in [0.1, 0.15) is 61.8 Å². The second-order valence-corrected chi connectivity index (χ2v) is 7.15. The molecule has 20 heavy (non-hydrogen) atoms. The van der Waals surface area contributed by atoms with Gasteiger partial charge in [-0.1, -0.05) is 55.4 Å². The number of hydrogen-bond donors (Lipinski definition) is 3. The fraction of sp³-hybridized carbons (Fsp3) is 0.938. The number of aliphatic carboxylic acids is 1.